The number of amides is 1. The lowest BCUT2D eigenvalue weighted by Gasteiger charge is -2.17. The average Bonchev–Trinajstić information content (AvgIpc) is 3.08. The summed E-state index contributed by atoms with van der Waals surface area (Å²) in [4.78, 5) is 17.9. The molecule has 126 valence electrons. The van der Waals surface area contributed by atoms with E-state index < -0.39 is 0 Å². The molecular formula is C21H19ClN2O. The molecule has 1 atom stereocenters. The summed E-state index contributed by atoms with van der Waals surface area (Å²) < 4.78 is 0. The molecule has 4 rings (SSSR count). The van der Waals surface area contributed by atoms with Gasteiger partial charge in [-0.1, -0.05) is 41.9 Å². The standard InChI is InChI=1S/C21H19ClN2O/c1-13(14-6-3-2-4-7-14)23-21(25)20-16-8-5-9-18(16)24-19-11-10-15(22)12-17(19)20/h2-4,6-7,10-13H,5,8-9H2,1H3,(H,23,25). The lowest BCUT2D eigenvalue weighted by Crippen LogP contribution is -2.28. The van der Waals surface area contributed by atoms with Crippen molar-refractivity contribution in [3.8, 4) is 0 Å². The van der Waals surface area contributed by atoms with E-state index in [0.29, 0.717) is 5.02 Å². The van der Waals surface area contributed by atoms with Crippen LogP contribution in [0.1, 0.15) is 46.6 Å². The Morgan fingerprint density at radius 2 is 1.96 bits per heavy atom. The van der Waals surface area contributed by atoms with Crippen molar-refractivity contribution in [3.63, 3.8) is 0 Å². The highest BCUT2D eigenvalue weighted by Gasteiger charge is 2.24. The van der Waals surface area contributed by atoms with Gasteiger partial charge in [-0.15, -0.1) is 0 Å². The molecule has 1 unspecified atom stereocenters. The predicted octanol–water partition coefficient (Wildman–Crippen LogP) is 4.87. The SMILES string of the molecule is CC(NC(=O)c1c2c(nc3ccc(Cl)cc13)CCC2)c1ccccc1. The number of nitrogens with zero attached hydrogens (tertiary/aromatic N) is 1. The molecule has 1 aromatic heterocycles. The van der Waals surface area contributed by atoms with Gasteiger partial charge in [0.25, 0.3) is 5.91 Å². The van der Waals surface area contributed by atoms with Crippen molar-refractivity contribution in [2.75, 3.05) is 0 Å². The molecule has 25 heavy (non-hydrogen) atoms. The van der Waals surface area contributed by atoms with Crippen molar-refractivity contribution >= 4 is 28.4 Å². The minimum absolute atomic E-state index is 0.0517. The number of rotatable bonds is 3. The van der Waals surface area contributed by atoms with Crippen LogP contribution in [0.15, 0.2) is 48.5 Å². The Morgan fingerprint density at radius 1 is 1.16 bits per heavy atom. The summed E-state index contributed by atoms with van der Waals surface area (Å²) in [6.45, 7) is 2.00. The lowest BCUT2D eigenvalue weighted by atomic mass is 9.99. The quantitative estimate of drug-likeness (QED) is 0.732. The summed E-state index contributed by atoms with van der Waals surface area (Å²) in [5.41, 5.74) is 4.79. The monoisotopic (exact) mass is 350 g/mol. The highest BCUT2D eigenvalue weighted by molar-refractivity contribution is 6.31. The van der Waals surface area contributed by atoms with E-state index in [-0.39, 0.29) is 11.9 Å². The molecule has 3 nitrogen and oxygen atoms in total. The summed E-state index contributed by atoms with van der Waals surface area (Å²) in [5.74, 6) is -0.0517. The smallest absolute Gasteiger partial charge is 0.252 e. The summed E-state index contributed by atoms with van der Waals surface area (Å²) in [6, 6.07) is 15.5. The molecule has 0 radical (unpaired) electrons. The van der Waals surface area contributed by atoms with E-state index in [4.69, 9.17) is 16.6 Å². The third kappa shape index (κ3) is 3.00. The second kappa shape index (κ2) is 6.49. The van der Waals surface area contributed by atoms with Gasteiger partial charge in [0.05, 0.1) is 17.1 Å². The zero-order valence-electron chi connectivity index (χ0n) is 14.1. The van der Waals surface area contributed by atoms with E-state index in [2.05, 4.69) is 5.32 Å². The molecule has 1 aliphatic rings. The fourth-order valence-electron chi connectivity index (χ4n) is 3.59. The molecule has 2 aromatic carbocycles. The number of halogens is 1. The van der Waals surface area contributed by atoms with Gasteiger partial charge in [0.15, 0.2) is 0 Å². The van der Waals surface area contributed by atoms with Crippen LogP contribution in [0.5, 0.6) is 0 Å². The van der Waals surface area contributed by atoms with E-state index >= 15 is 0 Å². The van der Waals surface area contributed by atoms with Gasteiger partial charge in [-0.3, -0.25) is 9.78 Å². The molecule has 1 heterocycles. The Bertz CT molecular complexity index is 953. The first-order valence-corrected chi connectivity index (χ1v) is 8.98. The lowest BCUT2D eigenvalue weighted by molar-refractivity contribution is 0.0940. The van der Waals surface area contributed by atoms with Crippen LogP contribution in [0.25, 0.3) is 10.9 Å². The molecule has 0 bridgehead atoms. The molecule has 0 spiro atoms. The number of aryl methyl sites for hydroxylation is 1. The first-order chi connectivity index (χ1) is 12.1. The summed E-state index contributed by atoms with van der Waals surface area (Å²) in [5, 5.41) is 4.61. The van der Waals surface area contributed by atoms with Crippen molar-refractivity contribution in [2.24, 2.45) is 0 Å². The number of hydrogen-bond acceptors (Lipinski definition) is 2. The van der Waals surface area contributed by atoms with Crippen molar-refractivity contribution in [3.05, 3.63) is 75.9 Å². The highest BCUT2D eigenvalue weighted by Crippen LogP contribution is 2.31. The fourth-order valence-corrected chi connectivity index (χ4v) is 3.76. The zero-order valence-corrected chi connectivity index (χ0v) is 14.8. The van der Waals surface area contributed by atoms with Crippen LogP contribution in [-0.2, 0) is 12.8 Å². The second-order valence-corrected chi connectivity index (χ2v) is 6.97. The molecule has 4 heteroatoms. The zero-order chi connectivity index (χ0) is 17.4. The van der Waals surface area contributed by atoms with Gasteiger partial charge in [-0.2, -0.15) is 0 Å². The Hall–Kier alpha value is -2.39. The van der Waals surface area contributed by atoms with Crippen LogP contribution >= 0.6 is 11.6 Å². The number of carbonyl (C=O) groups is 1. The van der Waals surface area contributed by atoms with Crippen molar-refractivity contribution in [1.82, 2.24) is 10.3 Å². The largest absolute Gasteiger partial charge is 0.345 e. The number of benzene rings is 2. The third-order valence-electron chi connectivity index (χ3n) is 4.85. The second-order valence-electron chi connectivity index (χ2n) is 6.53. The summed E-state index contributed by atoms with van der Waals surface area (Å²) in [6.07, 6.45) is 2.87. The molecule has 0 fully saturated rings. The molecule has 0 saturated carbocycles. The van der Waals surface area contributed by atoms with Gasteiger partial charge < -0.3 is 5.32 Å². The Kier molecular flexibility index (Phi) is 4.18. The van der Waals surface area contributed by atoms with Crippen LogP contribution in [0, 0.1) is 0 Å². The number of aromatic nitrogens is 1. The molecule has 0 saturated heterocycles. The normalized spacial score (nSPS) is 14.3. The number of nitrogens with one attached hydrogen (secondary N) is 1. The molecule has 1 amide bonds. The van der Waals surface area contributed by atoms with Gasteiger partial charge in [-0.05, 0) is 55.5 Å². The molecule has 1 N–H and O–H groups in total. The maximum Gasteiger partial charge on any atom is 0.252 e. The summed E-state index contributed by atoms with van der Waals surface area (Å²) in [7, 11) is 0. The molecule has 0 aliphatic heterocycles. The fraction of sp³-hybridized carbons (Fsp3) is 0.238. The first-order valence-electron chi connectivity index (χ1n) is 8.60. The topological polar surface area (TPSA) is 42.0 Å². The maximum atomic E-state index is 13.1. The number of fused-ring (bicyclic) bond motifs is 2. The van der Waals surface area contributed by atoms with E-state index in [1.54, 1.807) is 0 Å². The molecular weight excluding hydrogens is 332 g/mol. The minimum atomic E-state index is -0.0619. The van der Waals surface area contributed by atoms with Crippen molar-refractivity contribution in [2.45, 2.75) is 32.2 Å². The van der Waals surface area contributed by atoms with Crippen LogP contribution in [0.3, 0.4) is 0 Å². The number of pyridine rings is 1. The number of carbonyl (C=O) groups excluding carboxylic acids is 1. The van der Waals surface area contributed by atoms with Gasteiger partial charge in [0.2, 0.25) is 0 Å². The number of hydrogen-bond donors (Lipinski definition) is 1. The summed E-state index contributed by atoms with van der Waals surface area (Å²) >= 11 is 6.19. The first kappa shape index (κ1) is 16.1. The van der Waals surface area contributed by atoms with E-state index in [0.717, 1.165) is 52.5 Å². The average molecular weight is 351 g/mol. The van der Waals surface area contributed by atoms with Crippen molar-refractivity contribution < 1.29 is 4.79 Å². The molecule has 3 aromatic rings. The van der Waals surface area contributed by atoms with E-state index in [1.807, 2.05) is 55.5 Å². The van der Waals surface area contributed by atoms with Gasteiger partial charge in [0, 0.05) is 16.1 Å². The van der Waals surface area contributed by atoms with E-state index in [1.165, 1.54) is 0 Å². The Labute approximate surface area is 152 Å². The van der Waals surface area contributed by atoms with Crippen molar-refractivity contribution in [1.29, 1.82) is 0 Å². The van der Waals surface area contributed by atoms with Crippen LogP contribution < -0.4 is 5.32 Å². The van der Waals surface area contributed by atoms with Crippen LogP contribution in [0.4, 0.5) is 0 Å². The Balaban J connectivity index is 1.77. The van der Waals surface area contributed by atoms with E-state index in [9.17, 15) is 4.79 Å². The minimum Gasteiger partial charge on any atom is -0.345 e. The third-order valence-corrected chi connectivity index (χ3v) is 5.08. The van der Waals surface area contributed by atoms with Gasteiger partial charge >= 0.3 is 0 Å². The van der Waals surface area contributed by atoms with Gasteiger partial charge in [0.1, 0.15) is 0 Å². The van der Waals surface area contributed by atoms with Gasteiger partial charge in [-0.25, -0.2) is 0 Å². The van der Waals surface area contributed by atoms with Crippen LogP contribution in [0.2, 0.25) is 5.02 Å². The maximum absolute atomic E-state index is 13.1. The van der Waals surface area contributed by atoms with Crippen LogP contribution in [-0.4, -0.2) is 10.9 Å². The molecule has 1 aliphatic carbocycles. The Morgan fingerprint density at radius 3 is 2.76 bits per heavy atom. The predicted molar refractivity (Wildman–Crippen MR) is 101 cm³/mol. The highest BCUT2D eigenvalue weighted by atomic mass is 35.5.